The third kappa shape index (κ3) is 3.22. The minimum atomic E-state index is -0.243. The number of nitrogens with one attached hydrogen (secondary N) is 1. The van der Waals surface area contributed by atoms with Gasteiger partial charge in [-0.15, -0.1) is 0 Å². The first-order valence-corrected chi connectivity index (χ1v) is 7.09. The van der Waals surface area contributed by atoms with E-state index in [0.29, 0.717) is 0 Å². The van der Waals surface area contributed by atoms with E-state index in [0.717, 1.165) is 28.6 Å². The minimum absolute atomic E-state index is 0.000538. The summed E-state index contributed by atoms with van der Waals surface area (Å²) in [7, 11) is 1.89. The lowest BCUT2D eigenvalue weighted by molar-refractivity contribution is 0.600. The van der Waals surface area contributed by atoms with Gasteiger partial charge in [0, 0.05) is 22.8 Å². The molecule has 19 heavy (non-hydrogen) atoms. The van der Waals surface area contributed by atoms with Gasteiger partial charge in [0.2, 0.25) is 0 Å². The Kier molecular flexibility index (Phi) is 4.71. The highest BCUT2D eigenvalue weighted by atomic mass is 79.9. The topological polar surface area (TPSA) is 29.9 Å². The fourth-order valence-electron chi connectivity index (χ4n) is 2.12. The van der Waals surface area contributed by atoms with Crippen LogP contribution in [0.25, 0.3) is 0 Å². The van der Waals surface area contributed by atoms with Gasteiger partial charge in [-0.2, -0.15) is 5.10 Å². The molecule has 0 bridgehead atoms. The smallest absolute Gasteiger partial charge is 0.124 e. The predicted molar refractivity (Wildman–Crippen MR) is 77.5 cm³/mol. The molecule has 0 spiro atoms. The highest BCUT2D eigenvalue weighted by Crippen LogP contribution is 2.28. The number of hydrogen-bond donors (Lipinski definition) is 1. The summed E-state index contributed by atoms with van der Waals surface area (Å²) in [6, 6.07) is 4.75. The molecule has 0 aliphatic heterocycles. The van der Waals surface area contributed by atoms with Gasteiger partial charge in [0.05, 0.1) is 12.2 Å². The zero-order valence-corrected chi connectivity index (χ0v) is 12.6. The van der Waals surface area contributed by atoms with Crippen LogP contribution in [0.3, 0.4) is 0 Å². The maximum atomic E-state index is 13.2. The largest absolute Gasteiger partial charge is 0.309 e. The molecule has 102 valence electrons. The zero-order valence-electron chi connectivity index (χ0n) is 11.0. The fourth-order valence-corrected chi connectivity index (χ4v) is 2.70. The monoisotopic (exact) mass is 325 g/mol. The number of nitrogens with zero attached hydrogens (tertiary/aromatic N) is 2. The maximum Gasteiger partial charge on any atom is 0.124 e. The van der Waals surface area contributed by atoms with Crippen LogP contribution in [0.4, 0.5) is 4.39 Å². The Labute approximate surface area is 121 Å². The molecule has 1 N–H and O–H groups in total. The normalized spacial score (nSPS) is 12.6. The Balaban J connectivity index is 2.32. The summed E-state index contributed by atoms with van der Waals surface area (Å²) < 4.78 is 15.8. The molecule has 0 amide bonds. The number of halogens is 2. The van der Waals surface area contributed by atoms with Gasteiger partial charge in [-0.05, 0) is 31.2 Å². The van der Waals surface area contributed by atoms with Crippen LogP contribution in [0, 0.1) is 5.82 Å². The van der Waals surface area contributed by atoms with Gasteiger partial charge in [0.15, 0.2) is 0 Å². The van der Waals surface area contributed by atoms with Gasteiger partial charge < -0.3 is 5.32 Å². The van der Waals surface area contributed by atoms with E-state index in [4.69, 9.17) is 0 Å². The molecular weight excluding hydrogens is 309 g/mol. The first-order valence-electron chi connectivity index (χ1n) is 6.30. The number of benzene rings is 1. The summed E-state index contributed by atoms with van der Waals surface area (Å²) in [6.07, 6.45) is 4.93. The predicted octanol–water partition coefficient (Wildman–Crippen LogP) is 3.50. The van der Waals surface area contributed by atoms with E-state index in [9.17, 15) is 4.39 Å². The Morgan fingerprint density at radius 3 is 2.89 bits per heavy atom. The van der Waals surface area contributed by atoms with Crippen molar-refractivity contribution >= 4 is 15.9 Å². The van der Waals surface area contributed by atoms with Crippen molar-refractivity contribution in [1.29, 1.82) is 0 Å². The number of aryl methyl sites for hydroxylation is 1. The van der Waals surface area contributed by atoms with Crippen molar-refractivity contribution in [2.24, 2.45) is 0 Å². The minimum Gasteiger partial charge on any atom is -0.309 e. The van der Waals surface area contributed by atoms with Gasteiger partial charge in [0.25, 0.3) is 0 Å². The third-order valence-corrected chi connectivity index (χ3v) is 3.69. The SMILES string of the molecule is CCCn1cc(C(NC)c2ccc(F)cc2Br)cn1. The van der Waals surface area contributed by atoms with E-state index in [1.165, 1.54) is 12.1 Å². The summed E-state index contributed by atoms with van der Waals surface area (Å²) in [5.41, 5.74) is 2.07. The molecule has 1 atom stereocenters. The summed E-state index contributed by atoms with van der Waals surface area (Å²) in [5.74, 6) is -0.243. The van der Waals surface area contributed by atoms with E-state index < -0.39 is 0 Å². The second-order valence-electron chi connectivity index (χ2n) is 4.42. The first-order chi connectivity index (χ1) is 9.15. The fraction of sp³-hybridized carbons (Fsp3) is 0.357. The van der Waals surface area contributed by atoms with E-state index in [1.807, 2.05) is 24.1 Å². The first kappa shape index (κ1) is 14.2. The standard InChI is InChI=1S/C14H17BrFN3/c1-3-6-19-9-10(8-18-19)14(17-2)12-5-4-11(16)7-13(12)15/h4-5,7-9,14,17H,3,6H2,1-2H3. The summed E-state index contributed by atoms with van der Waals surface area (Å²) in [6.45, 7) is 3.02. The average molecular weight is 326 g/mol. The van der Waals surface area contributed by atoms with Crippen LogP contribution in [0.2, 0.25) is 0 Å². The van der Waals surface area contributed by atoms with Crippen molar-refractivity contribution in [3.8, 4) is 0 Å². The number of hydrogen-bond acceptors (Lipinski definition) is 2. The van der Waals surface area contributed by atoms with Gasteiger partial charge in [-0.1, -0.05) is 28.9 Å². The maximum absolute atomic E-state index is 13.2. The van der Waals surface area contributed by atoms with E-state index in [2.05, 4.69) is 33.3 Å². The van der Waals surface area contributed by atoms with Gasteiger partial charge >= 0.3 is 0 Å². The van der Waals surface area contributed by atoms with Crippen LogP contribution in [-0.4, -0.2) is 16.8 Å². The van der Waals surface area contributed by atoms with Crippen LogP contribution in [0.5, 0.6) is 0 Å². The Morgan fingerprint density at radius 1 is 1.47 bits per heavy atom. The van der Waals surface area contributed by atoms with Crippen molar-refractivity contribution in [2.45, 2.75) is 25.9 Å². The highest BCUT2D eigenvalue weighted by Gasteiger charge is 2.17. The van der Waals surface area contributed by atoms with E-state index in [-0.39, 0.29) is 11.9 Å². The van der Waals surface area contributed by atoms with E-state index >= 15 is 0 Å². The molecule has 1 unspecified atom stereocenters. The molecular formula is C14H17BrFN3. The molecule has 0 saturated heterocycles. The molecule has 1 aromatic carbocycles. The highest BCUT2D eigenvalue weighted by molar-refractivity contribution is 9.10. The van der Waals surface area contributed by atoms with Crippen molar-refractivity contribution in [3.63, 3.8) is 0 Å². The zero-order chi connectivity index (χ0) is 13.8. The van der Waals surface area contributed by atoms with Crippen LogP contribution in [0.1, 0.15) is 30.5 Å². The van der Waals surface area contributed by atoms with Crippen molar-refractivity contribution in [1.82, 2.24) is 15.1 Å². The number of rotatable bonds is 5. The second kappa shape index (κ2) is 6.30. The summed E-state index contributed by atoms with van der Waals surface area (Å²) >= 11 is 3.42. The Hall–Kier alpha value is -1.20. The van der Waals surface area contributed by atoms with Crippen LogP contribution in [-0.2, 0) is 6.54 Å². The molecule has 1 heterocycles. The average Bonchev–Trinajstić information content (AvgIpc) is 2.82. The van der Waals surface area contributed by atoms with Gasteiger partial charge in [-0.3, -0.25) is 4.68 Å². The van der Waals surface area contributed by atoms with Crippen LogP contribution < -0.4 is 5.32 Å². The van der Waals surface area contributed by atoms with Gasteiger partial charge in [0.1, 0.15) is 5.82 Å². The Morgan fingerprint density at radius 2 is 2.26 bits per heavy atom. The van der Waals surface area contributed by atoms with Crippen LogP contribution >= 0.6 is 15.9 Å². The van der Waals surface area contributed by atoms with Crippen LogP contribution in [0.15, 0.2) is 35.1 Å². The quantitative estimate of drug-likeness (QED) is 0.911. The molecule has 0 aliphatic carbocycles. The van der Waals surface area contributed by atoms with E-state index in [1.54, 1.807) is 6.07 Å². The molecule has 0 aliphatic rings. The lowest BCUT2D eigenvalue weighted by Gasteiger charge is -2.16. The molecule has 1 aromatic heterocycles. The third-order valence-electron chi connectivity index (χ3n) is 3.00. The lowest BCUT2D eigenvalue weighted by atomic mass is 10.0. The Bertz CT molecular complexity index is 553. The van der Waals surface area contributed by atoms with Gasteiger partial charge in [-0.25, -0.2) is 4.39 Å². The molecule has 2 aromatic rings. The molecule has 0 fully saturated rings. The molecule has 3 nitrogen and oxygen atoms in total. The molecule has 5 heteroatoms. The summed E-state index contributed by atoms with van der Waals surface area (Å²) in [4.78, 5) is 0. The molecule has 0 saturated carbocycles. The number of aromatic nitrogens is 2. The molecule has 2 rings (SSSR count). The molecule has 0 radical (unpaired) electrons. The van der Waals surface area contributed by atoms with Crippen molar-refractivity contribution < 1.29 is 4.39 Å². The van der Waals surface area contributed by atoms with Crippen molar-refractivity contribution in [3.05, 3.63) is 52.0 Å². The second-order valence-corrected chi connectivity index (χ2v) is 5.28. The lowest BCUT2D eigenvalue weighted by Crippen LogP contribution is -2.17. The van der Waals surface area contributed by atoms with Crippen molar-refractivity contribution in [2.75, 3.05) is 7.05 Å². The summed E-state index contributed by atoms with van der Waals surface area (Å²) in [5, 5.41) is 7.58.